The van der Waals surface area contributed by atoms with E-state index in [4.69, 9.17) is 5.73 Å². The van der Waals surface area contributed by atoms with Gasteiger partial charge in [0.25, 0.3) is 0 Å². The zero-order valence-corrected chi connectivity index (χ0v) is 9.71. The molecule has 2 N–H and O–H groups in total. The molecule has 0 aromatic carbocycles. The number of hydrogen-bond donors (Lipinski definition) is 1. The molecule has 0 fully saturated rings. The number of hydrogen-bond acceptors (Lipinski definition) is 4. The summed E-state index contributed by atoms with van der Waals surface area (Å²) in [5.74, 6) is 0. The van der Waals surface area contributed by atoms with Gasteiger partial charge in [-0.15, -0.1) is 0 Å². The van der Waals surface area contributed by atoms with E-state index in [-0.39, 0.29) is 0 Å². The van der Waals surface area contributed by atoms with E-state index in [2.05, 4.69) is 30.0 Å². The molecule has 2 rings (SSSR count). The second kappa shape index (κ2) is 4.02. The van der Waals surface area contributed by atoms with Gasteiger partial charge in [-0.3, -0.25) is 4.68 Å². The minimum absolute atomic E-state index is 0.604. The summed E-state index contributed by atoms with van der Waals surface area (Å²) >= 11 is 1.50. The number of aryl methyl sites for hydroxylation is 2. The topological polar surface area (TPSA) is 56.7 Å². The van der Waals surface area contributed by atoms with Crippen molar-refractivity contribution in [3.05, 3.63) is 18.0 Å². The van der Waals surface area contributed by atoms with Crippen LogP contribution in [-0.4, -0.2) is 14.8 Å². The minimum Gasteiger partial charge on any atom is -0.375 e. The lowest BCUT2D eigenvalue weighted by molar-refractivity contribution is 0.656. The summed E-state index contributed by atoms with van der Waals surface area (Å²) in [4.78, 5) is 5.14. The predicted molar refractivity (Wildman–Crippen MR) is 62.8 cm³/mol. The molecule has 2 aromatic heterocycles. The zero-order valence-electron chi connectivity index (χ0n) is 8.90. The Kier molecular flexibility index (Phi) is 2.73. The first-order valence-corrected chi connectivity index (χ1v) is 5.84. The molecule has 2 heterocycles. The molecular weight excluding hydrogens is 208 g/mol. The Labute approximate surface area is 92.8 Å². The van der Waals surface area contributed by atoms with E-state index in [0.29, 0.717) is 5.13 Å². The van der Waals surface area contributed by atoms with Gasteiger partial charge in [-0.05, 0) is 19.4 Å². The molecule has 2 aromatic rings. The van der Waals surface area contributed by atoms with Crippen LogP contribution in [0.25, 0.3) is 10.6 Å². The summed E-state index contributed by atoms with van der Waals surface area (Å²) in [6.45, 7) is 5.06. The summed E-state index contributed by atoms with van der Waals surface area (Å²) < 4.78 is 1.99. The third-order valence-electron chi connectivity index (χ3n) is 2.27. The molecular formula is C10H14N4S. The lowest BCUT2D eigenvalue weighted by Gasteiger charge is -1.99. The maximum atomic E-state index is 5.62. The molecule has 15 heavy (non-hydrogen) atoms. The van der Waals surface area contributed by atoms with Crippen LogP contribution in [0.4, 0.5) is 5.13 Å². The van der Waals surface area contributed by atoms with Crippen LogP contribution in [0.5, 0.6) is 0 Å². The van der Waals surface area contributed by atoms with Crippen LogP contribution in [0.1, 0.15) is 19.5 Å². The van der Waals surface area contributed by atoms with Crippen molar-refractivity contribution < 1.29 is 0 Å². The van der Waals surface area contributed by atoms with E-state index < -0.39 is 0 Å². The maximum absolute atomic E-state index is 5.62. The minimum atomic E-state index is 0.604. The molecule has 0 spiro atoms. The van der Waals surface area contributed by atoms with Crippen LogP contribution in [0, 0.1) is 0 Å². The number of nitrogens with zero attached hydrogens (tertiary/aromatic N) is 3. The Bertz CT molecular complexity index is 458. The Morgan fingerprint density at radius 2 is 2.27 bits per heavy atom. The van der Waals surface area contributed by atoms with Crippen LogP contribution in [0.3, 0.4) is 0 Å². The van der Waals surface area contributed by atoms with Crippen LogP contribution in [0.2, 0.25) is 0 Å². The van der Waals surface area contributed by atoms with E-state index in [1.165, 1.54) is 11.3 Å². The number of nitrogens with two attached hydrogens (primary N) is 1. The van der Waals surface area contributed by atoms with Gasteiger partial charge in [0.1, 0.15) is 0 Å². The first kappa shape index (κ1) is 10.2. The van der Waals surface area contributed by atoms with Crippen molar-refractivity contribution in [1.82, 2.24) is 14.8 Å². The zero-order chi connectivity index (χ0) is 10.8. The van der Waals surface area contributed by atoms with Crippen molar-refractivity contribution in [2.45, 2.75) is 26.8 Å². The van der Waals surface area contributed by atoms with Crippen LogP contribution < -0.4 is 5.73 Å². The molecule has 80 valence electrons. The monoisotopic (exact) mass is 222 g/mol. The molecule has 0 amide bonds. The second-order valence-electron chi connectivity index (χ2n) is 3.25. The van der Waals surface area contributed by atoms with Gasteiger partial charge in [-0.1, -0.05) is 18.3 Å². The first-order chi connectivity index (χ1) is 7.24. The predicted octanol–water partition coefficient (Wildman–Crippen LogP) is 2.17. The van der Waals surface area contributed by atoms with Crippen LogP contribution in [-0.2, 0) is 13.0 Å². The molecule has 0 saturated heterocycles. The number of rotatable bonds is 3. The van der Waals surface area contributed by atoms with Crippen molar-refractivity contribution in [3.8, 4) is 10.6 Å². The third-order valence-corrected chi connectivity index (χ3v) is 3.12. The third kappa shape index (κ3) is 1.87. The van der Waals surface area contributed by atoms with Gasteiger partial charge in [0, 0.05) is 12.7 Å². The molecule has 0 atom stereocenters. The van der Waals surface area contributed by atoms with E-state index >= 15 is 0 Å². The highest BCUT2D eigenvalue weighted by Gasteiger charge is 2.10. The molecule has 0 saturated carbocycles. The molecule has 0 unspecified atom stereocenters. The highest BCUT2D eigenvalue weighted by Crippen LogP contribution is 2.28. The Balaban J connectivity index is 2.46. The Hall–Kier alpha value is -1.36. The van der Waals surface area contributed by atoms with Gasteiger partial charge >= 0.3 is 0 Å². The number of thiazole rings is 1. The molecule has 0 aliphatic carbocycles. The van der Waals surface area contributed by atoms with E-state index in [0.717, 1.165) is 29.2 Å². The highest BCUT2D eigenvalue weighted by atomic mass is 32.1. The Morgan fingerprint density at radius 1 is 1.47 bits per heavy atom. The standard InChI is InChI=1S/C10H14N4S/c1-3-7-5-8(14(4-2)13-7)9-6-12-10(11)15-9/h5-6H,3-4H2,1-2H3,(H2,11,12). The van der Waals surface area contributed by atoms with Crippen molar-refractivity contribution >= 4 is 16.5 Å². The van der Waals surface area contributed by atoms with Gasteiger partial charge in [0.15, 0.2) is 5.13 Å². The fraction of sp³-hybridized carbons (Fsp3) is 0.400. The first-order valence-electron chi connectivity index (χ1n) is 5.03. The van der Waals surface area contributed by atoms with E-state index in [1.807, 2.05) is 10.9 Å². The molecule has 0 aliphatic rings. The van der Waals surface area contributed by atoms with Crippen LogP contribution in [0.15, 0.2) is 12.3 Å². The average Bonchev–Trinajstić information content (AvgIpc) is 2.82. The van der Waals surface area contributed by atoms with Gasteiger partial charge in [0.05, 0.1) is 16.3 Å². The SMILES string of the molecule is CCc1cc(-c2cnc(N)s2)n(CC)n1. The van der Waals surface area contributed by atoms with Gasteiger partial charge < -0.3 is 5.73 Å². The van der Waals surface area contributed by atoms with Crippen LogP contribution >= 0.6 is 11.3 Å². The fourth-order valence-electron chi connectivity index (χ4n) is 1.49. The summed E-state index contributed by atoms with van der Waals surface area (Å²) in [6.07, 6.45) is 2.76. The number of aromatic nitrogens is 3. The van der Waals surface area contributed by atoms with Crippen molar-refractivity contribution in [3.63, 3.8) is 0 Å². The van der Waals surface area contributed by atoms with Gasteiger partial charge in [-0.25, -0.2) is 4.98 Å². The summed E-state index contributed by atoms with van der Waals surface area (Å²) in [6, 6.07) is 2.11. The largest absolute Gasteiger partial charge is 0.375 e. The van der Waals surface area contributed by atoms with Crippen molar-refractivity contribution in [2.24, 2.45) is 0 Å². The second-order valence-corrected chi connectivity index (χ2v) is 4.32. The molecule has 4 nitrogen and oxygen atoms in total. The summed E-state index contributed by atoms with van der Waals surface area (Å²) in [5.41, 5.74) is 7.85. The van der Waals surface area contributed by atoms with E-state index in [9.17, 15) is 0 Å². The average molecular weight is 222 g/mol. The molecule has 0 radical (unpaired) electrons. The van der Waals surface area contributed by atoms with Crippen molar-refractivity contribution in [1.29, 1.82) is 0 Å². The fourth-order valence-corrected chi connectivity index (χ4v) is 2.19. The van der Waals surface area contributed by atoms with Crippen molar-refractivity contribution in [2.75, 3.05) is 5.73 Å². The number of nitrogen functional groups attached to an aromatic ring is 1. The Morgan fingerprint density at radius 3 is 2.80 bits per heavy atom. The maximum Gasteiger partial charge on any atom is 0.180 e. The van der Waals surface area contributed by atoms with E-state index in [1.54, 1.807) is 0 Å². The lowest BCUT2D eigenvalue weighted by Crippen LogP contribution is -1.98. The molecule has 5 heteroatoms. The van der Waals surface area contributed by atoms with Gasteiger partial charge in [-0.2, -0.15) is 5.10 Å². The molecule has 0 aliphatic heterocycles. The highest BCUT2D eigenvalue weighted by molar-refractivity contribution is 7.18. The smallest absolute Gasteiger partial charge is 0.180 e. The number of anilines is 1. The molecule has 0 bridgehead atoms. The summed E-state index contributed by atoms with van der Waals surface area (Å²) in [5, 5.41) is 5.09. The summed E-state index contributed by atoms with van der Waals surface area (Å²) in [7, 11) is 0. The quantitative estimate of drug-likeness (QED) is 0.866. The normalized spacial score (nSPS) is 10.8. The lowest BCUT2D eigenvalue weighted by atomic mass is 10.3. The van der Waals surface area contributed by atoms with Gasteiger partial charge in [0.2, 0.25) is 0 Å².